The van der Waals surface area contributed by atoms with Crippen LogP contribution in [0, 0.1) is 0 Å². The number of carbonyl (C=O) groups is 2. The zero-order valence-electron chi connectivity index (χ0n) is 12.6. The molecular formula is C18H19NO2. The zero-order valence-corrected chi connectivity index (χ0v) is 12.6. The van der Waals surface area contributed by atoms with Crippen LogP contribution in [-0.2, 0) is 16.6 Å². The Morgan fingerprint density at radius 2 is 1.86 bits per heavy atom. The van der Waals surface area contributed by atoms with Crippen molar-refractivity contribution in [1.82, 2.24) is 4.57 Å². The lowest BCUT2D eigenvalue weighted by Crippen LogP contribution is -2.31. The van der Waals surface area contributed by atoms with E-state index < -0.39 is 0 Å². The number of nitrogens with zero attached hydrogens (tertiary/aromatic N) is 1. The first-order valence-electron chi connectivity index (χ1n) is 7.23. The molecule has 3 nitrogen and oxygen atoms in total. The third-order valence-corrected chi connectivity index (χ3v) is 4.21. The van der Waals surface area contributed by atoms with Crippen LogP contribution < -0.4 is 0 Å². The van der Waals surface area contributed by atoms with Gasteiger partial charge in [0.05, 0.1) is 0 Å². The summed E-state index contributed by atoms with van der Waals surface area (Å²) >= 11 is 0. The lowest BCUT2D eigenvalue weighted by molar-refractivity contribution is -0.120. The van der Waals surface area contributed by atoms with E-state index >= 15 is 0 Å². The predicted molar refractivity (Wildman–Crippen MR) is 82.5 cm³/mol. The number of Topliss-reactive ketones (excluding diaryl/α,β-unsaturated/α-hetero) is 1. The molecule has 0 fully saturated rings. The summed E-state index contributed by atoms with van der Waals surface area (Å²) in [7, 11) is 0. The summed E-state index contributed by atoms with van der Waals surface area (Å²) in [5.41, 5.74) is 3.93. The molecule has 0 spiro atoms. The van der Waals surface area contributed by atoms with E-state index in [2.05, 4.69) is 13.8 Å². The Labute approximate surface area is 124 Å². The number of hydrogen-bond acceptors (Lipinski definition) is 2. The highest BCUT2D eigenvalue weighted by molar-refractivity contribution is 5.90. The Balaban J connectivity index is 2.31. The third-order valence-electron chi connectivity index (χ3n) is 4.21. The lowest BCUT2D eigenvalue weighted by Gasteiger charge is -2.31. The van der Waals surface area contributed by atoms with Gasteiger partial charge in [0.25, 0.3) is 0 Å². The molecule has 0 saturated heterocycles. The van der Waals surface area contributed by atoms with Gasteiger partial charge in [-0.25, -0.2) is 0 Å². The van der Waals surface area contributed by atoms with Gasteiger partial charge in [0.15, 0.2) is 0 Å². The fourth-order valence-electron chi connectivity index (χ4n) is 3.42. The molecule has 0 N–H and O–H groups in total. The summed E-state index contributed by atoms with van der Waals surface area (Å²) in [6.45, 7) is 5.71. The molecule has 0 aliphatic heterocycles. The van der Waals surface area contributed by atoms with Crippen LogP contribution in [0.25, 0.3) is 11.1 Å². The first-order valence-corrected chi connectivity index (χ1v) is 7.23. The molecule has 1 aromatic heterocycles. The van der Waals surface area contributed by atoms with Gasteiger partial charge in [0.1, 0.15) is 5.78 Å². The third kappa shape index (κ3) is 2.23. The van der Waals surface area contributed by atoms with E-state index in [0.717, 1.165) is 22.4 Å². The van der Waals surface area contributed by atoms with Gasteiger partial charge in [0, 0.05) is 37.2 Å². The second kappa shape index (κ2) is 4.69. The summed E-state index contributed by atoms with van der Waals surface area (Å²) in [5, 5.41) is 0. The molecule has 3 heteroatoms. The number of rotatable bonds is 1. The maximum absolute atomic E-state index is 12.0. The van der Waals surface area contributed by atoms with Crippen LogP contribution in [0.4, 0.5) is 0 Å². The second-order valence-electron chi connectivity index (χ2n) is 6.40. The maximum atomic E-state index is 12.0. The van der Waals surface area contributed by atoms with Crippen molar-refractivity contribution < 1.29 is 9.59 Å². The van der Waals surface area contributed by atoms with Crippen molar-refractivity contribution in [3.63, 3.8) is 0 Å². The molecule has 0 atom stereocenters. The molecule has 21 heavy (non-hydrogen) atoms. The average Bonchev–Trinajstić information content (AvgIpc) is 2.79. The van der Waals surface area contributed by atoms with E-state index in [1.807, 2.05) is 36.5 Å². The monoisotopic (exact) mass is 281 g/mol. The van der Waals surface area contributed by atoms with Crippen molar-refractivity contribution >= 4 is 11.7 Å². The lowest BCUT2D eigenvalue weighted by atomic mass is 9.72. The van der Waals surface area contributed by atoms with E-state index in [1.165, 1.54) is 0 Å². The average molecular weight is 281 g/mol. The zero-order chi connectivity index (χ0) is 15.2. The van der Waals surface area contributed by atoms with Crippen molar-refractivity contribution in [2.45, 2.75) is 39.0 Å². The predicted octanol–water partition coefficient (Wildman–Crippen LogP) is 3.61. The molecule has 2 aromatic rings. The van der Waals surface area contributed by atoms with Crippen LogP contribution in [0.15, 0.2) is 36.5 Å². The second-order valence-corrected chi connectivity index (χ2v) is 6.40. The summed E-state index contributed by atoms with van der Waals surface area (Å²) in [6.07, 6.45) is 2.77. The van der Waals surface area contributed by atoms with E-state index in [9.17, 15) is 9.59 Å². The van der Waals surface area contributed by atoms with Gasteiger partial charge >= 0.3 is 0 Å². The van der Waals surface area contributed by atoms with Crippen molar-refractivity contribution in [3.05, 3.63) is 47.8 Å². The molecule has 0 amide bonds. The Morgan fingerprint density at radius 1 is 1.19 bits per heavy atom. The minimum absolute atomic E-state index is 0.0427. The molecule has 1 heterocycles. The van der Waals surface area contributed by atoms with Crippen molar-refractivity contribution in [3.8, 4) is 11.1 Å². The first-order chi connectivity index (χ1) is 9.90. The summed E-state index contributed by atoms with van der Waals surface area (Å²) in [5.74, 6) is 0.159. The Morgan fingerprint density at radius 3 is 2.48 bits per heavy atom. The van der Waals surface area contributed by atoms with Gasteiger partial charge in [-0.15, -0.1) is 0 Å². The van der Waals surface area contributed by atoms with Crippen molar-refractivity contribution in [2.75, 3.05) is 0 Å². The molecular weight excluding hydrogens is 262 g/mol. The highest BCUT2D eigenvalue weighted by atomic mass is 16.2. The molecule has 0 saturated carbocycles. The van der Waals surface area contributed by atoms with E-state index in [4.69, 9.17) is 0 Å². The number of hydrogen-bond donors (Lipinski definition) is 0. The fraction of sp³-hybridized carbons (Fsp3) is 0.333. The summed E-state index contributed by atoms with van der Waals surface area (Å²) in [4.78, 5) is 24.0. The Kier molecular flexibility index (Phi) is 3.08. The molecule has 1 aliphatic rings. The molecule has 0 unspecified atom stereocenters. The number of benzene rings is 1. The molecule has 1 aliphatic carbocycles. The SMILES string of the molecule is CC(=O)n1cc(-c2ccccc2)c2c1CC(=O)CC2(C)C. The Hall–Kier alpha value is -2.16. The maximum Gasteiger partial charge on any atom is 0.227 e. The Bertz CT molecular complexity index is 723. The highest BCUT2D eigenvalue weighted by Gasteiger charge is 2.37. The van der Waals surface area contributed by atoms with Crippen LogP contribution in [0.2, 0.25) is 0 Å². The minimum Gasteiger partial charge on any atom is -0.299 e. The standard InChI is InChI=1S/C18H19NO2/c1-12(20)19-11-15(13-7-5-4-6-8-13)17-16(19)9-14(21)10-18(17,2)3/h4-8,11H,9-10H2,1-3H3. The molecule has 0 radical (unpaired) electrons. The van der Waals surface area contributed by atoms with Crippen molar-refractivity contribution in [1.29, 1.82) is 0 Å². The van der Waals surface area contributed by atoms with Crippen molar-refractivity contribution in [2.24, 2.45) is 0 Å². The van der Waals surface area contributed by atoms with Gasteiger partial charge in [-0.1, -0.05) is 44.2 Å². The first kappa shape index (κ1) is 13.8. The quantitative estimate of drug-likeness (QED) is 0.801. The molecule has 3 rings (SSSR count). The van der Waals surface area contributed by atoms with Gasteiger partial charge in [-0.05, 0) is 16.5 Å². The van der Waals surface area contributed by atoms with Gasteiger partial charge in [-0.3, -0.25) is 14.2 Å². The topological polar surface area (TPSA) is 39.1 Å². The van der Waals surface area contributed by atoms with Crippen LogP contribution in [0.5, 0.6) is 0 Å². The van der Waals surface area contributed by atoms with Crippen LogP contribution in [0.3, 0.4) is 0 Å². The summed E-state index contributed by atoms with van der Waals surface area (Å²) < 4.78 is 1.65. The summed E-state index contributed by atoms with van der Waals surface area (Å²) in [6, 6.07) is 10.1. The van der Waals surface area contributed by atoms with Crippen LogP contribution in [-0.4, -0.2) is 16.3 Å². The molecule has 108 valence electrons. The minimum atomic E-state index is -0.240. The molecule has 0 bridgehead atoms. The normalized spacial score (nSPS) is 16.6. The largest absolute Gasteiger partial charge is 0.299 e. The van der Waals surface area contributed by atoms with E-state index in [1.54, 1.807) is 11.5 Å². The number of carbonyl (C=O) groups excluding carboxylic acids is 2. The number of fused-ring (bicyclic) bond motifs is 1. The van der Waals surface area contributed by atoms with Gasteiger partial charge in [0.2, 0.25) is 5.91 Å². The van der Waals surface area contributed by atoms with Gasteiger partial charge in [-0.2, -0.15) is 0 Å². The fourth-order valence-corrected chi connectivity index (χ4v) is 3.42. The molecule has 1 aromatic carbocycles. The smallest absolute Gasteiger partial charge is 0.227 e. The highest BCUT2D eigenvalue weighted by Crippen LogP contribution is 2.42. The van der Waals surface area contributed by atoms with Gasteiger partial charge < -0.3 is 0 Å². The van der Waals surface area contributed by atoms with Crippen LogP contribution >= 0.6 is 0 Å². The number of ketones is 1. The number of aromatic nitrogens is 1. The van der Waals surface area contributed by atoms with E-state index in [-0.39, 0.29) is 17.1 Å². The van der Waals surface area contributed by atoms with Crippen LogP contribution in [0.1, 0.15) is 43.2 Å². The van der Waals surface area contributed by atoms with E-state index in [0.29, 0.717) is 12.8 Å².